The Morgan fingerprint density at radius 1 is 1.21 bits per heavy atom. The van der Waals surface area contributed by atoms with Gasteiger partial charge in [-0.25, -0.2) is 13.2 Å². The quantitative estimate of drug-likeness (QED) is 0.857. The molecule has 106 valence electrons. The lowest BCUT2D eigenvalue weighted by molar-refractivity contribution is 0.125. The Hall–Kier alpha value is -1.07. The Labute approximate surface area is 111 Å². The number of nitrogens with two attached hydrogens (primary N) is 1. The van der Waals surface area contributed by atoms with Crippen LogP contribution in [0.1, 0.15) is 37.8 Å². The summed E-state index contributed by atoms with van der Waals surface area (Å²) in [4.78, 5) is 2.06. The summed E-state index contributed by atoms with van der Waals surface area (Å²) in [5.74, 6) is -2.90. The Kier molecular flexibility index (Phi) is 4.47. The molecule has 1 saturated heterocycles. The van der Waals surface area contributed by atoms with Gasteiger partial charge in [-0.3, -0.25) is 4.90 Å². The highest BCUT2D eigenvalue weighted by atomic mass is 19.2. The average Bonchev–Trinajstić information content (AvgIpc) is 2.35. The molecule has 1 aromatic rings. The van der Waals surface area contributed by atoms with E-state index in [0.717, 1.165) is 38.4 Å². The summed E-state index contributed by atoms with van der Waals surface area (Å²) in [7, 11) is 0. The van der Waals surface area contributed by atoms with Crippen LogP contribution in [0, 0.1) is 17.5 Å². The van der Waals surface area contributed by atoms with Crippen LogP contribution in [0.4, 0.5) is 13.2 Å². The maximum atomic E-state index is 13.9. The molecule has 1 aliphatic heterocycles. The van der Waals surface area contributed by atoms with Crippen molar-refractivity contribution in [2.75, 3.05) is 13.1 Å². The van der Waals surface area contributed by atoms with Crippen molar-refractivity contribution < 1.29 is 13.2 Å². The monoisotopic (exact) mass is 272 g/mol. The van der Waals surface area contributed by atoms with Gasteiger partial charge in [0.1, 0.15) is 5.82 Å². The lowest BCUT2D eigenvalue weighted by atomic mass is 9.90. The lowest BCUT2D eigenvalue weighted by Gasteiger charge is -2.40. The van der Waals surface area contributed by atoms with E-state index in [2.05, 4.69) is 4.90 Å². The van der Waals surface area contributed by atoms with Crippen molar-refractivity contribution in [2.45, 2.75) is 38.3 Å². The molecule has 0 spiro atoms. The first kappa shape index (κ1) is 14.3. The van der Waals surface area contributed by atoms with Crippen molar-refractivity contribution in [2.24, 2.45) is 5.73 Å². The second-order valence-electron chi connectivity index (χ2n) is 5.07. The molecule has 2 N–H and O–H groups in total. The molecule has 0 radical (unpaired) electrons. The zero-order valence-corrected chi connectivity index (χ0v) is 11.0. The molecule has 5 heteroatoms. The molecular weight excluding hydrogens is 253 g/mol. The summed E-state index contributed by atoms with van der Waals surface area (Å²) in [6, 6.07) is 0.933. The van der Waals surface area contributed by atoms with Crippen LogP contribution in [0.3, 0.4) is 0 Å². The molecule has 2 unspecified atom stereocenters. The fourth-order valence-electron chi connectivity index (χ4n) is 2.83. The zero-order valence-electron chi connectivity index (χ0n) is 11.0. The van der Waals surface area contributed by atoms with Crippen LogP contribution in [-0.4, -0.2) is 24.0 Å². The van der Waals surface area contributed by atoms with Gasteiger partial charge in [-0.2, -0.15) is 0 Å². The van der Waals surface area contributed by atoms with E-state index in [4.69, 9.17) is 5.73 Å². The normalized spacial score (nSPS) is 24.7. The van der Waals surface area contributed by atoms with E-state index < -0.39 is 17.5 Å². The number of likely N-dealkylation sites (tertiary alicyclic amines) is 1. The molecule has 2 rings (SSSR count). The molecular formula is C14H19F3N2. The van der Waals surface area contributed by atoms with Gasteiger partial charge in [-0.05, 0) is 38.4 Å². The minimum atomic E-state index is -1.16. The van der Waals surface area contributed by atoms with Gasteiger partial charge in [-0.1, -0.05) is 6.92 Å². The van der Waals surface area contributed by atoms with Crippen molar-refractivity contribution in [3.63, 3.8) is 0 Å². The zero-order chi connectivity index (χ0) is 14.0. The number of hydrogen-bond donors (Lipinski definition) is 1. The third-order valence-electron chi connectivity index (χ3n) is 3.65. The number of nitrogens with zero attached hydrogens (tertiary/aromatic N) is 1. The molecule has 1 aromatic carbocycles. The summed E-state index contributed by atoms with van der Waals surface area (Å²) < 4.78 is 40.3. The number of rotatable bonds is 3. The van der Waals surface area contributed by atoms with Gasteiger partial charge in [0, 0.05) is 17.7 Å². The molecule has 1 aliphatic rings. The van der Waals surface area contributed by atoms with Crippen LogP contribution in [0.25, 0.3) is 0 Å². The number of piperidine rings is 1. The minimum absolute atomic E-state index is 0.166. The smallest absolute Gasteiger partial charge is 0.161 e. The first-order valence-corrected chi connectivity index (χ1v) is 6.68. The van der Waals surface area contributed by atoms with Crippen LogP contribution in [0.5, 0.6) is 0 Å². The molecule has 0 saturated carbocycles. The highest BCUT2D eigenvalue weighted by molar-refractivity contribution is 5.25. The lowest BCUT2D eigenvalue weighted by Crippen LogP contribution is -2.46. The topological polar surface area (TPSA) is 29.3 Å². The molecule has 2 nitrogen and oxygen atoms in total. The Balaban J connectivity index is 2.38. The summed E-state index contributed by atoms with van der Waals surface area (Å²) in [6.07, 6.45) is 2.63. The van der Waals surface area contributed by atoms with E-state index in [9.17, 15) is 13.2 Å². The van der Waals surface area contributed by atoms with E-state index >= 15 is 0 Å². The Morgan fingerprint density at radius 3 is 2.58 bits per heavy atom. The summed E-state index contributed by atoms with van der Waals surface area (Å²) in [5.41, 5.74) is 6.23. The number of hydrogen-bond acceptors (Lipinski definition) is 2. The highest BCUT2D eigenvalue weighted by Gasteiger charge is 2.32. The third kappa shape index (κ3) is 2.92. The fraction of sp³-hybridized carbons (Fsp3) is 0.571. The SMILES string of the molecule is CCCN1CCCC(N)C1c1cc(F)c(F)cc1F. The minimum Gasteiger partial charge on any atom is -0.326 e. The predicted octanol–water partition coefficient (Wildman–Crippen LogP) is 2.98. The van der Waals surface area contributed by atoms with E-state index in [1.807, 2.05) is 6.92 Å². The Bertz CT molecular complexity index is 449. The van der Waals surface area contributed by atoms with E-state index in [-0.39, 0.29) is 17.6 Å². The van der Waals surface area contributed by atoms with Gasteiger partial charge in [0.15, 0.2) is 11.6 Å². The maximum absolute atomic E-state index is 13.9. The van der Waals surface area contributed by atoms with Crippen molar-refractivity contribution in [1.29, 1.82) is 0 Å². The number of halogens is 3. The molecule has 0 bridgehead atoms. The Morgan fingerprint density at radius 2 is 1.89 bits per heavy atom. The van der Waals surface area contributed by atoms with Gasteiger partial charge in [0.05, 0.1) is 6.04 Å². The van der Waals surface area contributed by atoms with E-state index in [1.54, 1.807) is 0 Å². The number of benzene rings is 1. The van der Waals surface area contributed by atoms with Crippen molar-refractivity contribution in [1.82, 2.24) is 4.90 Å². The van der Waals surface area contributed by atoms with Crippen LogP contribution in [0.2, 0.25) is 0 Å². The molecule has 0 aliphatic carbocycles. The van der Waals surface area contributed by atoms with E-state index in [0.29, 0.717) is 6.07 Å². The van der Waals surface area contributed by atoms with Crippen LogP contribution in [-0.2, 0) is 0 Å². The third-order valence-corrected chi connectivity index (χ3v) is 3.65. The molecule has 1 heterocycles. The second-order valence-corrected chi connectivity index (χ2v) is 5.07. The van der Waals surface area contributed by atoms with Gasteiger partial charge in [-0.15, -0.1) is 0 Å². The molecule has 0 aromatic heterocycles. The summed E-state index contributed by atoms with van der Waals surface area (Å²) in [5, 5.41) is 0. The average molecular weight is 272 g/mol. The van der Waals surface area contributed by atoms with Gasteiger partial charge in [0.2, 0.25) is 0 Å². The second kappa shape index (κ2) is 5.92. The molecule has 19 heavy (non-hydrogen) atoms. The summed E-state index contributed by atoms with van der Waals surface area (Å²) >= 11 is 0. The van der Waals surface area contributed by atoms with Crippen molar-refractivity contribution >= 4 is 0 Å². The van der Waals surface area contributed by atoms with Crippen LogP contribution >= 0.6 is 0 Å². The van der Waals surface area contributed by atoms with Crippen molar-refractivity contribution in [3.05, 3.63) is 35.1 Å². The standard InChI is InChI=1S/C14H19F3N2/c1-2-5-19-6-3-4-13(18)14(19)9-7-11(16)12(17)8-10(9)15/h7-8,13-14H,2-6,18H2,1H3. The van der Waals surface area contributed by atoms with Gasteiger partial charge >= 0.3 is 0 Å². The highest BCUT2D eigenvalue weighted by Crippen LogP contribution is 2.32. The predicted molar refractivity (Wildman–Crippen MR) is 68.1 cm³/mol. The molecule has 1 fully saturated rings. The maximum Gasteiger partial charge on any atom is 0.161 e. The first-order chi connectivity index (χ1) is 9.04. The van der Waals surface area contributed by atoms with Crippen LogP contribution in [0.15, 0.2) is 12.1 Å². The van der Waals surface area contributed by atoms with Gasteiger partial charge < -0.3 is 5.73 Å². The molecule has 0 amide bonds. The largest absolute Gasteiger partial charge is 0.326 e. The fourth-order valence-corrected chi connectivity index (χ4v) is 2.83. The van der Waals surface area contributed by atoms with Crippen LogP contribution < -0.4 is 5.73 Å². The molecule has 2 atom stereocenters. The first-order valence-electron chi connectivity index (χ1n) is 6.68. The van der Waals surface area contributed by atoms with Crippen molar-refractivity contribution in [3.8, 4) is 0 Å². The summed E-state index contributed by atoms with van der Waals surface area (Å²) in [6.45, 7) is 3.61. The van der Waals surface area contributed by atoms with E-state index in [1.165, 1.54) is 0 Å². The van der Waals surface area contributed by atoms with Gasteiger partial charge in [0.25, 0.3) is 0 Å².